The van der Waals surface area contributed by atoms with Crippen LogP contribution in [0.4, 0.5) is 5.82 Å². The van der Waals surface area contributed by atoms with Crippen LogP contribution in [-0.2, 0) is 5.41 Å². The Morgan fingerprint density at radius 3 is 2.32 bits per heavy atom. The number of benzene rings is 1. The molecular weight excluding hydrogens is 396 g/mol. The summed E-state index contributed by atoms with van der Waals surface area (Å²) in [6, 6.07) is 5.35. The standard InChI is InChI=1S/C13H14Cl2IN3/c1-13(2,3)11-10(16)12(17)19(18-11)7-4-5-8(14)9(15)6-7/h4-6H,17H2,1-3H3. The molecule has 0 saturated carbocycles. The van der Waals surface area contributed by atoms with Gasteiger partial charge in [0, 0.05) is 5.41 Å². The molecule has 0 aliphatic carbocycles. The highest BCUT2D eigenvalue weighted by atomic mass is 127. The van der Waals surface area contributed by atoms with Gasteiger partial charge in [0.25, 0.3) is 0 Å². The van der Waals surface area contributed by atoms with E-state index in [0.717, 1.165) is 15.0 Å². The highest BCUT2D eigenvalue weighted by Crippen LogP contribution is 2.32. The van der Waals surface area contributed by atoms with Gasteiger partial charge in [-0.15, -0.1) is 0 Å². The smallest absolute Gasteiger partial charge is 0.141 e. The second-order valence-corrected chi connectivity index (χ2v) is 7.20. The average molecular weight is 410 g/mol. The highest BCUT2D eigenvalue weighted by molar-refractivity contribution is 14.1. The van der Waals surface area contributed by atoms with Crippen molar-refractivity contribution in [3.63, 3.8) is 0 Å². The van der Waals surface area contributed by atoms with Crippen molar-refractivity contribution in [2.75, 3.05) is 5.73 Å². The van der Waals surface area contributed by atoms with Gasteiger partial charge in [0.1, 0.15) is 5.82 Å². The molecule has 0 fully saturated rings. The van der Waals surface area contributed by atoms with Crippen LogP contribution >= 0.6 is 45.8 Å². The van der Waals surface area contributed by atoms with Crippen molar-refractivity contribution in [3.05, 3.63) is 37.5 Å². The van der Waals surface area contributed by atoms with E-state index in [2.05, 4.69) is 48.5 Å². The average Bonchev–Trinajstić information content (AvgIpc) is 2.60. The van der Waals surface area contributed by atoms with Gasteiger partial charge in [-0.3, -0.25) is 0 Å². The summed E-state index contributed by atoms with van der Waals surface area (Å²) in [5, 5.41) is 5.61. The largest absolute Gasteiger partial charge is 0.383 e. The quantitative estimate of drug-likeness (QED) is 0.696. The van der Waals surface area contributed by atoms with Crippen molar-refractivity contribution in [2.45, 2.75) is 26.2 Å². The molecule has 1 aromatic heterocycles. The Morgan fingerprint density at radius 1 is 1.21 bits per heavy atom. The van der Waals surface area contributed by atoms with Crippen molar-refractivity contribution in [1.82, 2.24) is 9.78 Å². The van der Waals surface area contributed by atoms with Gasteiger partial charge in [0.05, 0.1) is 25.0 Å². The Bertz CT molecular complexity index is 630. The number of nitrogens with two attached hydrogens (primary N) is 1. The van der Waals surface area contributed by atoms with E-state index in [4.69, 9.17) is 28.9 Å². The van der Waals surface area contributed by atoms with Crippen LogP contribution in [0.25, 0.3) is 5.69 Å². The van der Waals surface area contributed by atoms with E-state index < -0.39 is 0 Å². The summed E-state index contributed by atoms with van der Waals surface area (Å²) in [6.45, 7) is 6.32. The Hall–Kier alpha value is -0.460. The van der Waals surface area contributed by atoms with Crippen LogP contribution in [-0.4, -0.2) is 9.78 Å². The van der Waals surface area contributed by atoms with Crippen molar-refractivity contribution in [3.8, 4) is 5.69 Å². The monoisotopic (exact) mass is 409 g/mol. The first-order valence-corrected chi connectivity index (χ1v) is 7.55. The topological polar surface area (TPSA) is 43.8 Å². The lowest BCUT2D eigenvalue weighted by Crippen LogP contribution is -2.14. The third-order valence-corrected chi connectivity index (χ3v) is 4.52. The molecule has 0 unspecified atom stereocenters. The number of hydrogen-bond donors (Lipinski definition) is 1. The van der Waals surface area contributed by atoms with Crippen molar-refractivity contribution in [1.29, 1.82) is 0 Å². The zero-order chi connectivity index (χ0) is 14.4. The Labute approximate surface area is 136 Å². The predicted octanol–water partition coefficient (Wildman–Crippen LogP) is 4.66. The molecule has 3 nitrogen and oxygen atoms in total. The number of anilines is 1. The summed E-state index contributed by atoms with van der Waals surface area (Å²) in [6.07, 6.45) is 0. The van der Waals surface area contributed by atoms with Crippen molar-refractivity contribution < 1.29 is 0 Å². The molecule has 2 rings (SSSR count). The van der Waals surface area contributed by atoms with E-state index >= 15 is 0 Å². The molecule has 6 heteroatoms. The van der Waals surface area contributed by atoms with E-state index in [1.165, 1.54) is 0 Å². The van der Waals surface area contributed by atoms with Crippen LogP contribution in [0, 0.1) is 3.57 Å². The van der Waals surface area contributed by atoms with Crippen LogP contribution < -0.4 is 5.73 Å². The highest BCUT2D eigenvalue weighted by Gasteiger charge is 2.24. The zero-order valence-corrected chi connectivity index (χ0v) is 14.5. The molecule has 1 heterocycles. The molecule has 19 heavy (non-hydrogen) atoms. The first kappa shape index (κ1) is 14.9. The number of nitrogen functional groups attached to an aromatic ring is 1. The molecular formula is C13H14Cl2IN3. The van der Waals surface area contributed by atoms with E-state index in [0.29, 0.717) is 15.9 Å². The second kappa shape index (κ2) is 5.14. The van der Waals surface area contributed by atoms with Crippen LogP contribution in [0.2, 0.25) is 10.0 Å². The molecule has 2 N–H and O–H groups in total. The minimum atomic E-state index is -0.0634. The van der Waals surface area contributed by atoms with Crippen molar-refractivity contribution >= 4 is 51.6 Å². The van der Waals surface area contributed by atoms with Gasteiger partial charge >= 0.3 is 0 Å². The molecule has 0 aliphatic heterocycles. The van der Waals surface area contributed by atoms with Gasteiger partial charge in [0.15, 0.2) is 0 Å². The molecule has 0 spiro atoms. The van der Waals surface area contributed by atoms with Crippen LogP contribution in [0.1, 0.15) is 26.5 Å². The molecule has 0 bridgehead atoms. The van der Waals surface area contributed by atoms with Gasteiger partial charge in [-0.1, -0.05) is 44.0 Å². The number of halogens is 3. The van der Waals surface area contributed by atoms with E-state index in [9.17, 15) is 0 Å². The second-order valence-electron chi connectivity index (χ2n) is 5.31. The van der Waals surface area contributed by atoms with Gasteiger partial charge < -0.3 is 5.73 Å². The lowest BCUT2D eigenvalue weighted by atomic mass is 9.92. The summed E-state index contributed by atoms with van der Waals surface area (Å²) in [7, 11) is 0. The summed E-state index contributed by atoms with van der Waals surface area (Å²) >= 11 is 14.2. The van der Waals surface area contributed by atoms with Gasteiger partial charge in [0.2, 0.25) is 0 Å². The first-order chi connectivity index (χ1) is 8.71. The first-order valence-electron chi connectivity index (χ1n) is 5.71. The van der Waals surface area contributed by atoms with Gasteiger partial charge in [-0.25, -0.2) is 4.68 Å². The number of hydrogen-bond acceptors (Lipinski definition) is 2. The van der Waals surface area contributed by atoms with Crippen LogP contribution in [0.3, 0.4) is 0 Å². The number of nitrogens with zero attached hydrogens (tertiary/aromatic N) is 2. The molecule has 102 valence electrons. The molecule has 0 amide bonds. The Balaban J connectivity index is 2.60. The maximum Gasteiger partial charge on any atom is 0.141 e. The Kier molecular flexibility index (Phi) is 4.05. The van der Waals surface area contributed by atoms with E-state index in [1.807, 2.05) is 6.07 Å². The maximum absolute atomic E-state index is 6.14. The lowest BCUT2D eigenvalue weighted by molar-refractivity contribution is 0.557. The molecule has 2 aromatic rings. The van der Waals surface area contributed by atoms with E-state index in [1.54, 1.807) is 16.8 Å². The van der Waals surface area contributed by atoms with E-state index in [-0.39, 0.29) is 5.41 Å². The third kappa shape index (κ3) is 2.85. The Morgan fingerprint density at radius 2 is 1.84 bits per heavy atom. The third-order valence-electron chi connectivity index (χ3n) is 2.72. The molecule has 0 saturated heterocycles. The minimum Gasteiger partial charge on any atom is -0.383 e. The van der Waals surface area contributed by atoms with Gasteiger partial charge in [-0.2, -0.15) is 5.10 Å². The molecule has 1 aromatic carbocycles. The van der Waals surface area contributed by atoms with Gasteiger partial charge in [-0.05, 0) is 40.8 Å². The van der Waals surface area contributed by atoms with Crippen LogP contribution in [0.5, 0.6) is 0 Å². The SMILES string of the molecule is CC(C)(C)c1nn(-c2ccc(Cl)c(Cl)c2)c(N)c1I. The fourth-order valence-corrected chi connectivity index (χ4v) is 3.14. The summed E-state index contributed by atoms with van der Waals surface area (Å²) in [5.74, 6) is 0.615. The van der Waals surface area contributed by atoms with Crippen LogP contribution in [0.15, 0.2) is 18.2 Å². The number of aromatic nitrogens is 2. The van der Waals surface area contributed by atoms with Crippen molar-refractivity contribution in [2.24, 2.45) is 0 Å². The summed E-state index contributed by atoms with van der Waals surface area (Å²) < 4.78 is 2.67. The summed E-state index contributed by atoms with van der Waals surface area (Å²) in [5.41, 5.74) is 7.85. The minimum absolute atomic E-state index is 0.0634. The maximum atomic E-state index is 6.14. The normalized spacial score (nSPS) is 11.9. The summed E-state index contributed by atoms with van der Waals surface area (Å²) in [4.78, 5) is 0. The predicted molar refractivity (Wildman–Crippen MR) is 89.4 cm³/mol. The number of rotatable bonds is 1. The fraction of sp³-hybridized carbons (Fsp3) is 0.308. The molecule has 0 atom stereocenters. The lowest BCUT2D eigenvalue weighted by Gasteiger charge is -2.15. The molecule has 0 radical (unpaired) electrons. The molecule has 0 aliphatic rings. The zero-order valence-electron chi connectivity index (χ0n) is 10.8. The fourth-order valence-electron chi connectivity index (χ4n) is 1.70.